The number of hydrogen-bond acceptors (Lipinski definition) is 4. The van der Waals surface area contributed by atoms with Gasteiger partial charge in [0, 0.05) is 26.2 Å². The molecule has 1 spiro atoms. The molecule has 0 radical (unpaired) electrons. The van der Waals surface area contributed by atoms with E-state index in [-0.39, 0.29) is 0 Å². The highest BCUT2D eigenvalue weighted by Crippen LogP contribution is 2.39. The Morgan fingerprint density at radius 3 is 2.67 bits per heavy atom. The summed E-state index contributed by atoms with van der Waals surface area (Å²) < 4.78 is 25.1. The molecule has 0 amide bonds. The van der Waals surface area contributed by atoms with Crippen molar-refractivity contribution in [2.75, 3.05) is 52.1 Å². The summed E-state index contributed by atoms with van der Waals surface area (Å²) in [7, 11) is -3.01. The number of nitrogens with zero attached hydrogens (tertiary/aromatic N) is 2. The SMILES string of the molecule is CS(=O)(=O)N1CCCC(CN2CCC3(CCNCC3)C2)C1. The lowest BCUT2D eigenvalue weighted by Crippen LogP contribution is -2.44. The number of nitrogens with one attached hydrogen (secondary N) is 1. The summed E-state index contributed by atoms with van der Waals surface area (Å²) in [6, 6.07) is 0. The molecular formula is C15H29N3O2S. The largest absolute Gasteiger partial charge is 0.317 e. The predicted molar refractivity (Wildman–Crippen MR) is 84.7 cm³/mol. The molecule has 5 nitrogen and oxygen atoms in total. The molecule has 3 heterocycles. The lowest BCUT2D eigenvalue weighted by atomic mass is 9.78. The van der Waals surface area contributed by atoms with Gasteiger partial charge in [-0.2, -0.15) is 0 Å². The molecule has 0 bridgehead atoms. The molecule has 0 saturated carbocycles. The van der Waals surface area contributed by atoms with E-state index in [2.05, 4.69) is 10.2 Å². The zero-order chi connectivity index (χ0) is 14.9. The van der Waals surface area contributed by atoms with Crippen molar-refractivity contribution in [2.45, 2.75) is 32.1 Å². The summed E-state index contributed by atoms with van der Waals surface area (Å²) in [4.78, 5) is 2.60. The Bertz CT molecular complexity index is 460. The average molecular weight is 315 g/mol. The van der Waals surface area contributed by atoms with Crippen molar-refractivity contribution in [3.8, 4) is 0 Å². The highest BCUT2D eigenvalue weighted by Gasteiger charge is 2.39. The lowest BCUT2D eigenvalue weighted by molar-refractivity contribution is 0.164. The van der Waals surface area contributed by atoms with Crippen LogP contribution in [0.2, 0.25) is 0 Å². The number of rotatable bonds is 3. The van der Waals surface area contributed by atoms with E-state index in [1.54, 1.807) is 4.31 Å². The van der Waals surface area contributed by atoms with Gasteiger partial charge in [-0.1, -0.05) is 0 Å². The van der Waals surface area contributed by atoms with Crippen LogP contribution in [0.3, 0.4) is 0 Å². The average Bonchev–Trinajstić information content (AvgIpc) is 2.81. The molecule has 1 atom stereocenters. The van der Waals surface area contributed by atoms with Crippen LogP contribution < -0.4 is 5.32 Å². The van der Waals surface area contributed by atoms with Gasteiger partial charge < -0.3 is 10.2 Å². The first-order valence-electron chi connectivity index (χ1n) is 8.35. The second-order valence-electron chi connectivity index (χ2n) is 7.36. The Balaban J connectivity index is 1.53. The normalized spacial score (nSPS) is 31.8. The predicted octanol–water partition coefficient (Wildman–Crippen LogP) is 0.734. The topological polar surface area (TPSA) is 52.7 Å². The van der Waals surface area contributed by atoms with Crippen molar-refractivity contribution in [1.29, 1.82) is 0 Å². The Labute approximate surface area is 129 Å². The molecule has 6 heteroatoms. The third-order valence-corrected chi connectivity index (χ3v) is 6.92. The van der Waals surface area contributed by atoms with E-state index >= 15 is 0 Å². The first kappa shape index (κ1) is 15.7. The fourth-order valence-electron chi connectivity index (χ4n) is 4.39. The Kier molecular flexibility index (Phi) is 4.60. The number of likely N-dealkylation sites (tertiary alicyclic amines) is 1. The van der Waals surface area contributed by atoms with Gasteiger partial charge in [-0.3, -0.25) is 0 Å². The molecule has 3 rings (SSSR count). The Morgan fingerprint density at radius 2 is 1.95 bits per heavy atom. The lowest BCUT2D eigenvalue weighted by Gasteiger charge is -2.36. The van der Waals surface area contributed by atoms with E-state index in [1.807, 2.05) is 0 Å². The first-order chi connectivity index (χ1) is 9.97. The van der Waals surface area contributed by atoms with Crippen LogP contribution >= 0.6 is 0 Å². The minimum atomic E-state index is -3.01. The van der Waals surface area contributed by atoms with E-state index < -0.39 is 10.0 Å². The monoisotopic (exact) mass is 315 g/mol. The number of sulfonamides is 1. The molecule has 0 aliphatic carbocycles. The molecule has 3 saturated heterocycles. The van der Waals surface area contributed by atoms with Crippen LogP contribution in [-0.2, 0) is 10.0 Å². The van der Waals surface area contributed by atoms with Crippen LogP contribution in [0.5, 0.6) is 0 Å². The fraction of sp³-hybridized carbons (Fsp3) is 1.00. The van der Waals surface area contributed by atoms with Crippen LogP contribution in [0, 0.1) is 11.3 Å². The fourth-order valence-corrected chi connectivity index (χ4v) is 5.33. The summed E-state index contributed by atoms with van der Waals surface area (Å²) in [6.07, 6.45) is 7.48. The second kappa shape index (κ2) is 6.14. The van der Waals surface area contributed by atoms with Crippen LogP contribution in [0.4, 0.5) is 0 Å². The number of hydrogen-bond donors (Lipinski definition) is 1. The molecule has 0 aromatic rings. The van der Waals surface area contributed by atoms with Crippen LogP contribution in [-0.4, -0.2) is 69.7 Å². The van der Waals surface area contributed by atoms with Gasteiger partial charge in [0.05, 0.1) is 6.26 Å². The van der Waals surface area contributed by atoms with Gasteiger partial charge in [0.25, 0.3) is 0 Å². The Morgan fingerprint density at radius 1 is 1.19 bits per heavy atom. The number of piperidine rings is 2. The molecule has 0 aromatic carbocycles. The quantitative estimate of drug-likeness (QED) is 0.834. The molecule has 21 heavy (non-hydrogen) atoms. The molecule has 1 unspecified atom stereocenters. The zero-order valence-electron chi connectivity index (χ0n) is 13.2. The third kappa shape index (κ3) is 3.78. The van der Waals surface area contributed by atoms with Crippen molar-refractivity contribution in [3.63, 3.8) is 0 Å². The van der Waals surface area contributed by atoms with E-state index in [1.165, 1.54) is 58.1 Å². The van der Waals surface area contributed by atoms with Gasteiger partial charge in [0.2, 0.25) is 10.0 Å². The smallest absolute Gasteiger partial charge is 0.211 e. The maximum absolute atomic E-state index is 11.7. The highest BCUT2D eigenvalue weighted by molar-refractivity contribution is 7.88. The van der Waals surface area contributed by atoms with Crippen molar-refractivity contribution in [2.24, 2.45) is 11.3 Å². The van der Waals surface area contributed by atoms with Crippen molar-refractivity contribution in [1.82, 2.24) is 14.5 Å². The van der Waals surface area contributed by atoms with E-state index in [4.69, 9.17) is 0 Å². The summed E-state index contributed by atoms with van der Waals surface area (Å²) in [5, 5.41) is 3.46. The summed E-state index contributed by atoms with van der Waals surface area (Å²) in [5.41, 5.74) is 0.552. The molecule has 3 aliphatic rings. The minimum absolute atomic E-state index is 0.519. The van der Waals surface area contributed by atoms with Gasteiger partial charge in [-0.15, -0.1) is 0 Å². The standard InChI is InChI=1S/C15H29N3O2S/c1-21(19,20)18-9-2-3-14(12-18)11-17-10-6-15(13-17)4-7-16-8-5-15/h14,16H,2-13H2,1H3. The van der Waals surface area contributed by atoms with Gasteiger partial charge >= 0.3 is 0 Å². The van der Waals surface area contributed by atoms with E-state index in [0.717, 1.165) is 19.5 Å². The van der Waals surface area contributed by atoms with Gasteiger partial charge in [0.15, 0.2) is 0 Å². The molecule has 3 fully saturated rings. The van der Waals surface area contributed by atoms with E-state index in [0.29, 0.717) is 17.9 Å². The van der Waals surface area contributed by atoms with E-state index in [9.17, 15) is 8.42 Å². The first-order valence-corrected chi connectivity index (χ1v) is 10.2. The van der Waals surface area contributed by atoms with Gasteiger partial charge in [-0.05, 0) is 63.1 Å². The molecule has 122 valence electrons. The maximum Gasteiger partial charge on any atom is 0.211 e. The van der Waals surface area contributed by atoms with Crippen molar-refractivity contribution < 1.29 is 8.42 Å². The van der Waals surface area contributed by atoms with Gasteiger partial charge in [0.1, 0.15) is 0 Å². The summed E-state index contributed by atoms with van der Waals surface area (Å²) in [5.74, 6) is 0.519. The Hall–Kier alpha value is -0.170. The molecule has 3 aliphatic heterocycles. The summed E-state index contributed by atoms with van der Waals surface area (Å²) in [6.45, 7) is 7.29. The van der Waals surface area contributed by atoms with Crippen molar-refractivity contribution >= 4 is 10.0 Å². The third-order valence-electron chi connectivity index (χ3n) is 5.65. The van der Waals surface area contributed by atoms with Gasteiger partial charge in [-0.25, -0.2) is 12.7 Å². The second-order valence-corrected chi connectivity index (χ2v) is 9.35. The molecular weight excluding hydrogens is 286 g/mol. The van der Waals surface area contributed by atoms with Crippen LogP contribution in [0.1, 0.15) is 32.1 Å². The van der Waals surface area contributed by atoms with Crippen LogP contribution in [0.15, 0.2) is 0 Å². The van der Waals surface area contributed by atoms with Crippen molar-refractivity contribution in [3.05, 3.63) is 0 Å². The zero-order valence-corrected chi connectivity index (χ0v) is 14.0. The molecule has 0 aromatic heterocycles. The highest BCUT2D eigenvalue weighted by atomic mass is 32.2. The maximum atomic E-state index is 11.7. The summed E-state index contributed by atoms with van der Waals surface area (Å²) >= 11 is 0. The minimum Gasteiger partial charge on any atom is -0.317 e. The molecule has 1 N–H and O–H groups in total. The van der Waals surface area contributed by atoms with Crippen LogP contribution in [0.25, 0.3) is 0 Å².